The van der Waals surface area contributed by atoms with Crippen LogP contribution in [0.4, 0.5) is 0 Å². The van der Waals surface area contributed by atoms with Crippen LogP contribution in [0.15, 0.2) is 11.6 Å². The molecule has 0 saturated heterocycles. The van der Waals surface area contributed by atoms with Crippen molar-refractivity contribution in [3.63, 3.8) is 0 Å². The summed E-state index contributed by atoms with van der Waals surface area (Å²) in [6.07, 6.45) is 4.33. The number of aliphatic hydroxyl groups is 1. The van der Waals surface area contributed by atoms with Crippen molar-refractivity contribution in [3.8, 4) is 0 Å². The molecule has 15 heavy (non-hydrogen) atoms. The van der Waals surface area contributed by atoms with Gasteiger partial charge in [0.05, 0.1) is 6.61 Å². The van der Waals surface area contributed by atoms with Crippen LogP contribution in [0.2, 0.25) is 0 Å². The van der Waals surface area contributed by atoms with E-state index in [0.29, 0.717) is 24.4 Å². The Labute approximate surface area is 93.3 Å². The van der Waals surface area contributed by atoms with Crippen LogP contribution < -0.4 is 0 Å². The Balaban J connectivity index is 2.52. The monoisotopic (exact) mass is 212 g/mol. The Hall–Kier alpha value is -0.340. The van der Waals surface area contributed by atoms with Crippen LogP contribution in [0.3, 0.4) is 0 Å². The van der Waals surface area contributed by atoms with E-state index in [-0.39, 0.29) is 0 Å². The van der Waals surface area contributed by atoms with E-state index in [4.69, 9.17) is 9.84 Å². The molecule has 0 fully saturated rings. The Morgan fingerprint density at radius 3 is 2.67 bits per heavy atom. The highest BCUT2D eigenvalue weighted by molar-refractivity contribution is 5.13. The minimum absolute atomic E-state index is 0.428. The van der Waals surface area contributed by atoms with Crippen LogP contribution >= 0.6 is 0 Å². The molecule has 0 bridgehead atoms. The minimum Gasteiger partial charge on any atom is -0.368 e. The molecular weight excluding hydrogens is 188 g/mol. The number of rotatable bonds is 4. The van der Waals surface area contributed by atoms with Crippen molar-refractivity contribution in [2.45, 2.75) is 46.8 Å². The molecule has 4 unspecified atom stereocenters. The van der Waals surface area contributed by atoms with Crippen molar-refractivity contribution in [1.82, 2.24) is 0 Å². The maximum absolute atomic E-state index is 9.08. The summed E-state index contributed by atoms with van der Waals surface area (Å²) < 4.78 is 5.26. The highest BCUT2D eigenvalue weighted by Gasteiger charge is 2.21. The molecule has 0 aromatic heterocycles. The summed E-state index contributed by atoms with van der Waals surface area (Å²) in [6.45, 7) is 9.03. The van der Waals surface area contributed by atoms with Gasteiger partial charge in [0.1, 0.15) is 0 Å². The summed E-state index contributed by atoms with van der Waals surface area (Å²) >= 11 is 0. The third-order valence-electron chi connectivity index (χ3n) is 3.26. The highest BCUT2D eigenvalue weighted by atomic mass is 16.6. The molecule has 0 radical (unpaired) electrons. The Morgan fingerprint density at radius 1 is 1.40 bits per heavy atom. The first-order valence-electron chi connectivity index (χ1n) is 6.02. The third kappa shape index (κ3) is 3.96. The Morgan fingerprint density at radius 2 is 2.07 bits per heavy atom. The van der Waals surface area contributed by atoms with E-state index in [2.05, 4.69) is 26.8 Å². The molecule has 1 N–H and O–H groups in total. The van der Waals surface area contributed by atoms with Crippen LogP contribution in [0, 0.1) is 17.8 Å². The molecule has 2 heteroatoms. The summed E-state index contributed by atoms with van der Waals surface area (Å²) in [5.74, 6) is 1.80. The molecule has 1 aliphatic rings. The predicted molar refractivity (Wildman–Crippen MR) is 62.4 cm³/mol. The summed E-state index contributed by atoms with van der Waals surface area (Å²) in [6, 6.07) is 0. The Bertz CT molecular complexity index is 221. The number of aliphatic hydroxyl groups excluding tert-OH is 1. The first kappa shape index (κ1) is 12.7. The molecule has 0 aromatic carbocycles. The van der Waals surface area contributed by atoms with E-state index in [1.807, 2.05) is 0 Å². The molecule has 2 nitrogen and oxygen atoms in total. The SMILES string of the molecule is CC1C=C(C(C)COC(C)O)C(C)CC1. The van der Waals surface area contributed by atoms with Gasteiger partial charge in [-0.2, -0.15) is 0 Å². The van der Waals surface area contributed by atoms with Gasteiger partial charge in [-0.1, -0.05) is 32.4 Å². The van der Waals surface area contributed by atoms with E-state index in [0.717, 1.165) is 0 Å². The van der Waals surface area contributed by atoms with Gasteiger partial charge in [-0.05, 0) is 31.6 Å². The molecule has 0 spiro atoms. The first-order chi connectivity index (χ1) is 7.00. The maximum Gasteiger partial charge on any atom is 0.151 e. The molecule has 4 atom stereocenters. The lowest BCUT2D eigenvalue weighted by atomic mass is 9.79. The zero-order chi connectivity index (χ0) is 11.4. The fourth-order valence-corrected chi connectivity index (χ4v) is 2.29. The van der Waals surface area contributed by atoms with Gasteiger partial charge in [0.2, 0.25) is 0 Å². The smallest absolute Gasteiger partial charge is 0.151 e. The second-order valence-electron chi connectivity index (χ2n) is 4.96. The number of hydrogen-bond donors (Lipinski definition) is 1. The topological polar surface area (TPSA) is 29.5 Å². The molecule has 0 aliphatic heterocycles. The van der Waals surface area contributed by atoms with E-state index in [9.17, 15) is 0 Å². The maximum atomic E-state index is 9.08. The second-order valence-corrected chi connectivity index (χ2v) is 4.96. The fraction of sp³-hybridized carbons (Fsp3) is 0.846. The second kappa shape index (κ2) is 5.66. The fourth-order valence-electron chi connectivity index (χ4n) is 2.29. The summed E-state index contributed by atoms with van der Waals surface area (Å²) in [5, 5.41) is 9.08. The van der Waals surface area contributed by atoms with Gasteiger partial charge in [-0.15, -0.1) is 0 Å². The van der Waals surface area contributed by atoms with E-state index in [1.165, 1.54) is 18.4 Å². The van der Waals surface area contributed by atoms with Crippen LogP contribution in [0.5, 0.6) is 0 Å². The van der Waals surface area contributed by atoms with Gasteiger partial charge in [-0.25, -0.2) is 0 Å². The largest absolute Gasteiger partial charge is 0.368 e. The minimum atomic E-state index is -0.649. The summed E-state index contributed by atoms with van der Waals surface area (Å²) in [5.41, 5.74) is 1.51. The van der Waals surface area contributed by atoms with Crippen LogP contribution in [0.25, 0.3) is 0 Å². The van der Waals surface area contributed by atoms with Gasteiger partial charge in [0.25, 0.3) is 0 Å². The van der Waals surface area contributed by atoms with E-state index in [1.54, 1.807) is 6.92 Å². The van der Waals surface area contributed by atoms with Crippen molar-refractivity contribution in [3.05, 3.63) is 11.6 Å². The number of hydrogen-bond acceptors (Lipinski definition) is 2. The van der Waals surface area contributed by atoms with Crippen molar-refractivity contribution in [1.29, 1.82) is 0 Å². The zero-order valence-corrected chi connectivity index (χ0v) is 10.4. The quantitative estimate of drug-likeness (QED) is 0.573. The van der Waals surface area contributed by atoms with Crippen molar-refractivity contribution in [2.24, 2.45) is 17.8 Å². The highest BCUT2D eigenvalue weighted by Crippen LogP contribution is 2.32. The molecule has 1 rings (SSSR count). The van der Waals surface area contributed by atoms with Crippen LogP contribution in [0.1, 0.15) is 40.5 Å². The molecular formula is C13H24O2. The molecule has 0 heterocycles. The van der Waals surface area contributed by atoms with Crippen LogP contribution in [-0.4, -0.2) is 18.0 Å². The van der Waals surface area contributed by atoms with E-state index >= 15 is 0 Å². The Kier molecular flexibility index (Phi) is 4.81. The molecule has 88 valence electrons. The van der Waals surface area contributed by atoms with Gasteiger partial charge >= 0.3 is 0 Å². The standard InChI is InChI=1S/C13H24O2/c1-9-5-6-10(2)13(7-9)11(3)8-15-12(4)14/h7,9-12,14H,5-6,8H2,1-4H3. The molecule has 0 aromatic rings. The molecule has 0 saturated carbocycles. The third-order valence-corrected chi connectivity index (χ3v) is 3.26. The lowest BCUT2D eigenvalue weighted by molar-refractivity contribution is -0.0924. The number of allylic oxidation sites excluding steroid dienone is 1. The van der Waals surface area contributed by atoms with Gasteiger partial charge in [0, 0.05) is 5.92 Å². The van der Waals surface area contributed by atoms with Gasteiger partial charge < -0.3 is 9.84 Å². The zero-order valence-electron chi connectivity index (χ0n) is 10.4. The average molecular weight is 212 g/mol. The van der Waals surface area contributed by atoms with Crippen molar-refractivity contribution < 1.29 is 9.84 Å². The summed E-state index contributed by atoms with van der Waals surface area (Å²) in [7, 11) is 0. The number of ether oxygens (including phenoxy) is 1. The summed E-state index contributed by atoms with van der Waals surface area (Å²) in [4.78, 5) is 0. The lowest BCUT2D eigenvalue weighted by Gasteiger charge is -2.28. The molecule has 0 amide bonds. The van der Waals surface area contributed by atoms with E-state index < -0.39 is 6.29 Å². The first-order valence-corrected chi connectivity index (χ1v) is 6.02. The van der Waals surface area contributed by atoms with Gasteiger partial charge in [-0.3, -0.25) is 0 Å². The lowest BCUT2D eigenvalue weighted by Crippen LogP contribution is -2.21. The average Bonchev–Trinajstić information content (AvgIpc) is 2.18. The normalized spacial score (nSPS) is 30.9. The van der Waals surface area contributed by atoms with Gasteiger partial charge in [0.15, 0.2) is 6.29 Å². The van der Waals surface area contributed by atoms with Crippen molar-refractivity contribution in [2.75, 3.05) is 6.61 Å². The van der Waals surface area contributed by atoms with Crippen molar-refractivity contribution >= 4 is 0 Å². The van der Waals surface area contributed by atoms with Crippen LogP contribution in [-0.2, 0) is 4.74 Å². The predicted octanol–water partition coefficient (Wildman–Crippen LogP) is 2.97. The molecule has 1 aliphatic carbocycles.